The van der Waals surface area contributed by atoms with E-state index in [0.717, 1.165) is 16.8 Å². The molecule has 0 saturated heterocycles. The molecule has 1 aliphatic carbocycles. The number of benzene rings is 3. The van der Waals surface area contributed by atoms with E-state index in [0.29, 0.717) is 37.3 Å². The Balaban J connectivity index is 1.27. The average Bonchev–Trinajstić information content (AvgIpc) is 3.54. The highest BCUT2D eigenvalue weighted by molar-refractivity contribution is 6.03. The van der Waals surface area contributed by atoms with Crippen LogP contribution >= 0.6 is 0 Å². The number of carbonyl (C=O) groups excluding carboxylic acids is 2. The fraction of sp³-hybridized carbons (Fsp3) is 0.323. The third-order valence-electron chi connectivity index (χ3n) is 7.71. The minimum atomic E-state index is -0.419. The summed E-state index contributed by atoms with van der Waals surface area (Å²) in [5.41, 5.74) is 4.46. The van der Waals surface area contributed by atoms with Gasteiger partial charge in [-0.15, -0.1) is 5.10 Å². The predicted molar refractivity (Wildman–Crippen MR) is 158 cm³/mol. The number of aromatic amines is 1. The Hall–Kier alpha value is -4.93. The van der Waals surface area contributed by atoms with Crippen LogP contribution in [0.3, 0.4) is 0 Å². The normalized spacial score (nSPS) is 13.4. The Morgan fingerprint density at radius 1 is 0.929 bits per heavy atom. The number of rotatable bonds is 11. The Morgan fingerprint density at radius 3 is 2.26 bits per heavy atom. The highest BCUT2D eigenvalue weighted by Gasteiger charge is 2.19. The molecule has 11 nitrogen and oxygen atoms in total. The van der Waals surface area contributed by atoms with Crippen molar-refractivity contribution in [2.24, 2.45) is 0 Å². The van der Waals surface area contributed by atoms with E-state index in [1.54, 1.807) is 29.2 Å². The number of nitrogens with zero attached hydrogens (tertiary/aromatic N) is 5. The summed E-state index contributed by atoms with van der Waals surface area (Å²) in [5.74, 6) is 0.290. The molecular weight excluding hydrogens is 534 g/mol. The quantitative estimate of drug-likeness (QED) is 0.168. The van der Waals surface area contributed by atoms with Gasteiger partial charge in [-0.2, -0.15) is 5.21 Å². The van der Waals surface area contributed by atoms with Gasteiger partial charge in [-0.25, -0.2) is 0 Å². The van der Waals surface area contributed by atoms with Crippen LogP contribution in [-0.2, 0) is 17.8 Å². The number of tetrazole rings is 1. The lowest BCUT2D eigenvalue weighted by atomic mass is 9.84. The molecule has 4 aromatic rings. The van der Waals surface area contributed by atoms with Crippen molar-refractivity contribution in [1.29, 1.82) is 0 Å². The number of nitro benzene ring substituents is 1. The van der Waals surface area contributed by atoms with Gasteiger partial charge in [-0.1, -0.05) is 60.8 Å². The molecule has 0 unspecified atom stereocenters. The number of anilines is 2. The highest BCUT2D eigenvalue weighted by Crippen LogP contribution is 2.33. The van der Waals surface area contributed by atoms with Crippen LogP contribution in [0.4, 0.5) is 17.3 Å². The second-order valence-electron chi connectivity index (χ2n) is 10.6. The van der Waals surface area contributed by atoms with Gasteiger partial charge in [-0.3, -0.25) is 25.0 Å². The molecule has 0 spiro atoms. The van der Waals surface area contributed by atoms with Crippen molar-refractivity contribution in [2.45, 2.75) is 63.8 Å². The summed E-state index contributed by atoms with van der Waals surface area (Å²) in [6.45, 7) is 0.353. The van der Waals surface area contributed by atoms with E-state index < -0.39 is 4.92 Å². The van der Waals surface area contributed by atoms with Gasteiger partial charge >= 0.3 is 0 Å². The minimum Gasteiger partial charge on any atom is -0.308 e. The van der Waals surface area contributed by atoms with Crippen LogP contribution in [0.25, 0.3) is 0 Å². The SMILES string of the molecule is O=C(Nc1nn[nH]n1)c1ccc(CN(C(=O)CCCc2ccc([N+](=O)[O-])cc2)c2ccc(C3CCCCC3)cc2)cc1. The average molecular weight is 568 g/mol. The van der Waals surface area contributed by atoms with Gasteiger partial charge < -0.3 is 4.90 Å². The summed E-state index contributed by atoms with van der Waals surface area (Å²) in [5, 5.41) is 26.7. The number of aromatic nitrogens is 4. The van der Waals surface area contributed by atoms with Crippen LogP contribution in [0.2, 0.25) is 0 Å². The van der Waals surface area contributed by atoms with Crippen molar-refractivity contribution >= 4 is 29.1 Å². The van der Waals surface area contributed by atoms with E-state index in [1.807, 2.05) is 24.3 Å². The second kappa shape index (κ2) is 13.6. The van der Waals surface area contributed by atoms with Crippen LogP contribution in [0.1, 0.15) is 77.9 Å². The molecule has 1 saturated carbocycles. The van der Waals surface area contributed by atoms with Crippen molar-refractivity contribution in [1.82, 2.24) is 20.6 Å². The van der Waals surface area contributed by atoms with E-state index >= 15 is 0 Å². The summed E-state index contributed by atoms with van der Waals surface area (Å²) in [4.78, 5) is 38.4. The molecule has 2 N–H and O–H groups in total. The maximum Gasteiger partial charge on any atom is 0.270 e. The molecule has 1 heterocycles. The number of carbonyl (C=O) groups is 2. The Kier molecular flexibility index (Phi) is 9.27. The second-order valence-corrected chi connectivity index (χ2v) is 10.6. The molecule has 1 fully saturated rings. The Morgan fingerprint density at radius 2 is 1.62 bits per heavy atom. The first-order valence-corrected chi connectivity index (χ1v) is 14.2. The van der Waals surface area contributed by atoms with E-state index in [2.05, 4.69) is 38.1 Å². The summed E-state index contributed by atoms with van der Waals surface area (Å²) >= 11 is 0. The summed E-state index contributed by atoms with van der Waals surface area (Å²) < 4.78 is 0. The first kappa shape index (κ1) is 28.6. The standard InChI is InChI=1S/C31H33N7O4/c39-29(8-4-5-22-11-17-28(18-12-22)38(41)42)37(27-19-15-25(16-20-27)24-6-2-1-3-7-24)21-23-9-13-26(14-10-23)30(40)32-31-33-35-36-34-31/h9-20,24H,1-8,21H2,(H2,32,33,34,35,36,40). The lowest BCUT2D eigenvalue weighted by molar-refractivity contribution is -0.384. The number of non-ortho nitro benzene ring substituents is 1. The molecule has 0 radical (unpaired) electrons. The summed E-state index contributed by atoms with van der Waals surface area (Å²) in [7, 11) is 0. The maximum absolute atomic E-state index is 13.6. The van der Waals surface area contributed by atoms with Crippen LogP contribution in [0.15, 0.2) is 72.8 Å². The van der Waals surface area contributed by atoms with E-state index in [4.69, 9.17) is 0 Å². The minimum absolute atomic E-state index is 0.0127. The zero-order chi connectivity index (χ0) is 29.3. The number of hydrogen-bond donors (Lipinski definition) is 2. The van der Waals surface area contributed by atoms with Gasteiger partial charge in [0.25, 0.3) is 17.5 Å². The number of hydrogen-bond acceptors (Lipinski definition) is 7. The fourth-order valence-electron chi connectivity index (χ4n) is 5.38. The molecule has 216 valence electrons. The van der Waals surface area contributed by atoms with E-state index in [1.165, 1.54) is 49.8 Å². The van der Waals surface area contributed by atoms with Crippen molar-refractivity contribution < 1.29 is 14.5 Å². The topological polar surface area (TPSA) is 147 Å². The van der Waals surface area contributed by atoms with Crippen LogP contribution < -0.4 is 10.2 Å². The number of nitro groups is 1. The lowest BCUT2D eigenvalue weighted by Crippen LogP contribution is -2.30. The molecule has 11 heteroatoms. The van der Waals surface area contributed by atoms with Gasteiger partial charge in [0.2, 0.25) is 5.91 Å². The van der Waals surface area contributed by atoms with Gasteiger partial charge in [0.05, 0.1) is 11.5 Å². The largest absolute Gasteiger partial charge is 0.308 e. The third kappa shape index (κ3) is 7.42. The number of nitrogens with one attached hydrogen (secondary N) is 2. The van der Waals surface area contributed by atoms with Crippen molar-refractivity contribution in [3.63, 3.8) is 0 Å². The zero-order valence-corrected chi connectivity index (χ0v) is 23.2. The van der Waals surface area contributed by atoms with Crippen molar-refractivity contribution in [2.75, 3.05) is 10.2 Å². The summed E-state index contributed by atoms with van der Waals surface area (Å²) in [6, 6.07) is 21.9. The summed E-state index contributed by atoms with van der Waals surface area (Å²) in [6.07, 6.45) is 7.81. The molecule has 1 aliphatic rings. The third-order valence-corrected chi connectivity index (χ3v) is 7.71. The number of aryl methyl sites for hydroxylation is 1. The fourth-order valence-corrected chi connectivity index (χ4v) is 5.38. The van der Waals surface area contributed by atoms with Gasteiger partial charge in [0, 0.05) is 29.8 Å². The zero-order valence-electron chi connectivity index (χ0n) is 23.2. The Bertz CT molecular complexity index is 1480. The van der Waals surface area contributed by atoms with Crippen LogP contribution in [0.5, 0.6) is 0 Å². The van der Waals surface area contributed by atoms with E-state index in [9.17, 15) is 19.7 Å². The molecule has 2 amide bonds. The molecule has 3 aromatic carbocycles. The Labute approximate surface area is 243 Å². The van der Waals surface area contributed by atoms with Gasteiger partial charge in [0.1, 0.15) is 0 Å². The predicted octanol–water partition coefficient (Wildman–Crippen LogP) is 5.96. The molecule has 1 aromatic heterocycles. The van der Waals surface area contributed by atoms with Crippen LogP contribution in [-0.4, -0.2) is 37.4 Å². The number of amides is 2. The van der Waals surface area contributed by atoms with Gasteiger partial charge in [-0.05, 0) is 77.8 Å². The monoisotopic (exact) mass is 567 g/mol. The molecule has 42 heavy (non-hydrogen) atoms. The molecule has 0 bridgehead atoms. The maximum atomic E-state index is 13.6. The molecule has 0 atom stereocenters. The van der Waals surface area contributed by atoms with Crippen molar-refractivity contribution in [3.8, 4) is 0 Å². The molecule has 5 rings (SSSR count). The highest BCUT2D eigenvalue weighted by atomic mass is 16.6. The first-order valence-electron chi connectivity index (χ1n) is 14.2. The smallest absolute Gasteiger partial charge is 0.270 e. The molecular formula is C31H33N7O4. The van der Waals surface area contributed by atoms with Gasteiger partial charge in [0.15, 0.2) is 0 Å². The van der Waals surface area contributed by atoms with E-state index in [-0.39, 0.29) is 23.5 Å². The number of H-pyrrole nitrogens is 1. The first-order chi connectivity index (χ1) is 20.5. The van der Waals surface area contributed by atoms with Crippen LogP contribution in [0, 0.1) is 10.1 Å². The lowest BCUT2D eigenvalue weighted by Gasteiger charge is -2.25. The molecule has 0 aliphatic heterocycles. The van der Waals surface area contributed by atoms with Crippen molar-refractivity contribution in [3.05, 3.63) is 105 Å².